The van der Waals surface area contributed by atoms with Gasteiger partial charge in [0.05, 0.1) is 23.9 Å². The number of carboxylic acid groups (broad SMARTS) is 1. The number of aliphatic carboxylic acids is 1. The second-order valence-electron chi connectivity index (χ2n) is 11.7. The van der Waals surface area contributed by atoms with Crippen molar-refractivity contribution in [2.45, 2.75) is 89.9 Å². The van der Waals surface area contributed by atoms with Gasteiger partial charge >= 0.3 is 12.1 Å². The van der Waals surface area contributed by atoms with Crippen LogP contribution in [0.15, 0.2) is 24.3 Å². The summed E-state index contributed by atoms with van der Waals surface area (Å²) in [7, 11) is -1.52. The van der Waals surface area contributed by atoms with Crippen LogP contribution in [0.4, 0.5) is 22.0 Å². The molecule has 1 N–H and O–H groups in total. The van der Waals surface area contributed by atoms with E-state index in [2.05, 4.69) is 31.5 Å². The second-order valence-corrected chi connectivity index (χ2v) is 17.3. The van der Waals surface area contributed by atoms with Crippen LogP contribution >= 0.6 is 0 Å². The monoisotopic (exact) mass is 517 g/mol. The van der Waals surface area contributed by atoms with Gasteiger partial charge in [-0.2, -0.15) is 13.2 Å². The first-order chi connectivity index (χ1) is 15.8. The van der Waals surface area contributed by atoms with Crippen LogP contribution in [0.2, 0.25) is 25.7 Å². The Bertz CT molecular complexity index is 936. The van der Waals surface area contributed by atoms with Crippen LogP contribution in [0.25, 0.3) is 0 Å². The fourth-order valence-electron chi connectivity index (χ4n) is 4.35. The van der Waals surface area contributed by atoms with Crippen LogP contribution < -0.4 is 0 Å². The lowest BCUT2D eigenvalue weighted by atomic mass is 9.78. The Morgan fingerprint density at radius 2 is 1.74 bits per heavy atom. The molecule has 1 fully saturated rings. The fraction of sp³-hybridized carbons (Fsp3) is 0.654. The molecular formula is C26H36F5NO2Si. The number of hydrogen-bond donors (Lipinski definition) is 1. The maximum Gasteiger partial charge on any atom is 0.416 e. The Hall–Kier alpha value is -1.92. The zero-order valence-electron chi connectivity index (χ0n) is 21.3. The van der Waals surface area contributed by atoms with Gasteiger partial charge in [0.2, 0.25) is 0 Å². The minimum absolute atomic E-state index is 0.0238. The molecule has 1 aliphatic heterocycles. The van der Waals surface area contributed by atoms with E-state index >= 15 is 8.78 Å². The number of nitrogens with zero attached hydrogens (tertiary/aromatic N) is 1. The zero-order chi connectivity index (χ0) is 26.8. The predicted molar refractivity (Wildman–Crippen MR) is 130 cm³/mol. The van der Waals surface area contributed by atoms with Gasteiger partial charge in [-0.1, -0.05) is 49.7 Å². The third-order valence-corrected chi connectivity index (χ3v) is 7.93. The smallest absolute Gasteiger partial charge is 0.416 e. The van der Waals surface area contributed by atoms with Crippen molar-refractivity contribution in [3.05, 3.63) is 35.4 Å². The number of carboxylic acids is 1. The SMILES string of the molecule is CC(C)(C)C#C[C@H](CC[Si](C)(C)C)N1CCC(F)(F)[C@H](CC(=O)O)[C@H]1c1ccc(C(F)(F)F)cc1. The largest absolute Gasteiger partial charge is 0.481 e. The molecule has 196 valence electrons. The zero-order valence-corrected chi connectivity index (χ0v) is 22.3. The van der Waals surface area contributed by atoms with E-state index in [0.29, 0.717) is 6.42 Å². The normalized spacial score (nSPS) is 22.3. The molecule has 1 aromatic rings. The Labute approximate surface area is 206 Å². The molecule has 35 heavy (non-hydrogen) atoms. The van der Waals surface area contributed by atoms with Crippen LogP contribution in [-0.2, 0) is 11.0 Å². The van der Waals surface area contributed by atoms with E-state index in [0.717, 1.165) is 18.2 Å². The molecule has 0 bridgehead atoms. The molecule has 0 saturated carbocycles. The van der Waals surface area contributed by atoms with Gasteiger partial charge in [0.25, 0.3) is 5.92 Å². The average Bonchev–Trinajstić information content (AvgIpc) is 2.67. The topological polar surface area (TPSA) is 40.5 Å². The summed E-state index contributed by atoms with van der Waals surface area (Å²) in [5, 5.41) is 9.44. The molecular weight excluding hydrogens is 481 g/mol. The van der Waals surface area contributed by atoms with Crippen LogP contribution in [-0.4, -0.2) is 42.6 Å². The van der Waals surface area contributed by atoms with Crippen LogP contribution in [0, 0.1) is 23.2 Å². The molecule has 0 unspecified atom stereocenters. The number of piperidine rings is 1. The van der Waals surface area contributed by atoms with Gasteiger partial charge in [-0.05, 0) is 44.9 Å². The Balaban J connectivity index is 2.62. The number of likely N-dealkylation sites (tertiary alicyclic amines) is 1. The molecule has 0 amide bonds. The van der Waals surface area contributed by atoms with Crippen molar-refractivity contribution in [1.29, 1.82) is 0 Å². The number of rotatable bonds is 7. The third-order valence-electron chi connectivity index (χ3n) is 6.14. The summed E-state index contributed by atoms with van der Waals surface area (Å²) in [6.45, 7) is 12.4. The van der Waals surface area contributed by atoms with E-state index < -0.39 is 62.5 Å². The quantitative estimate of drug-likeness (QED) is 0.234. The van der Waals surface area contributed by atoms with Crippen molar-refractivity contribution in [2.24, 2.45) is 11.3 Å². The standard InChI is InChI=1S/C26H36F5NO2Si/c1-24(2,3)13-11-20(12-16-35(4,5)6)32-15-14-25(27,28)21(17-22(33)34)23(32)18-7-9-19(10-8-18)26(29,30)31/h7-10,20-21,23H,12,14-17H2,1-6H3,(H,33,34)/t20-,21-,23-/m1/s1. The molecule has 1 saturated heterocycles. The van der Waals surface area contributed by atoms with Gasteiger partial charge in [0, 0.05) is 32.5 Å². The van der Waals surface area contributed by atoms with Crippen molar-refractivity contribution >= 4 is 14.0 Å². The van der Waals surface area contributed by atoms with Gasteiger partial charge < -0.3 is 5.11 Å². The van der Waals surface area contributed by atoms with E-state index in [-0.39, 0.29) is 17.5 Å². The first-order valence-corrected chi connectivity index (χ1v) is 15.6. The molecule has 9 heteroatoms. The summed E-state index contributed by atoms with van der Waals surface area (Å²) in [6.07, 6.45) is -5.25. The van der Waals surface area contributed by atoms with E-state index in [1.54, 1.807) is 0 Å². The lowest BCUT2D eigenvalue weighted by Crippen LogP contribution is -2.53. The predicted octanol–water partition coefficient (Wildman–Crippen LogP) is 7.32. The maximum atomic E-state index is 15.1. The summed E-state index contributed by atoms with van der Waals surface area (Å²) in [5.74, 6) is 0.239. The maximum absolute atomic E-state index is 15.1. The molecule has 1 aromatic carbocycles. The molecule has 0 aliphatic carbocycles. The van der Waals surface area contributed by atoms with Crippen molar-refractivity contribution in [3.63, 3.8) is 0 Å². The highest BCUT2D eigenvalue weighted by Gasteiger charge is 2.52. The molecule has 3 atom stereocenters. The highest BCUT2D eigenvalue weighted by atomic mass is 28.3. The first-order valence-electron chi connectivity index (χ1n) is 11.9. The Morgan fingerprint density at radius 1 is 1.17 bits per heavy atom. The minimum Gasteiger partial charge on any atom is -0.481 e. The molecule has 3 nitrogen and oxygen atoms in total. The summed E-state index contributed by atoms with van der Waals surface area (Å²) in [5.41, 5.74) is -0.964. The summed E-state index contributed by atoms with van der Waals surface area (Å²) in [4.78, 5) is 13.4. The van der Waals surface area contributed by atoms with Crippen LogP contribution in [0.5, 0.6) is 0 Å². The highest BCUT2D eigenvalue weighted by Crippen LogP contribution is 2.48. The van der Waals surface area contributed by atoms with E-state index in [1.807, 2.05) is 25.7 Å². The van der Waals surface area contributed by atoms with Gasteiger partial charge in [-0.15, -0.1) is 0 Å². The number of alkyl halides is 5. The molecule has 2 rings (SSSR count). The highest BCUT2D eigenvalue weighted by molar-refractivity contribution is 6.76. The average molecular weight is 518 g/mol. The second kappa shape index (κ2) is 10.6. The number of carbonyl (C=O) groups is 1. The summed E-state index contributed by atoms with van der Waals surface area (Å²) < 4.78 is 69.7. The van der Waals surface area contributed by atoms with E-state index in [1.165, 1.54) is 12.1 Å². The molecule has 0 spiro atoms. The third kappa shape index (κ3) is 8.60. The lowest BCUT2D eigenvalue weighted by Gasteiger charge is -2.47. The van der Waals surface area contributed by atoms with E-state index in [4.69, 9.17) is 0 Å². The van der Waals surface area contributed by atoms with Crippen LogP contribution in [0.3, 0.4) is 0 Å². The minimum atomic E-state index is -4.56. The van der Waals surface area contributed by atoms with Gasteiger partial charge in [-0.3, -0.25) is 9.69 Å². The molecule has 0 radical (unpaired) electrons. The lowest BCUT2D eigenvalue weighted by molar-refractivity contribution is -0.160. The fourth-order valence-corrected chi connectivity index (χ4v) is 5.49. The first kappa shape index (κ1) is 29.3. The molecule has 0 aromatic heterocycles. The van der Waals surface area contributed by atoms with Gasteiger partial charge in [-0.25, -0.2) is 8.78 Å². The van der Waals surface area contributed by atoms with Crippen molar-refractivity contribution in [2.75, 3.05) is 6.54 Å². The van der Waals surface area contributed by atoms with E-state index in [9.17, 15) is 23.1 Å². The van der Waals surface area contributed by atoms with Crippen molar-refractivity contribution in [1.82, 2.24) is 4.90 Å². The number of halogens is 5. The Kier molecular flexibility index (Phi) is 8.87. The Morgan fingerprint density at radius 3 is 2.20 bits per heavy atom. The van der Waals surface area contributed by atoms with Gasteiger partial charge in [0.1, 0.15) is 0 Å². The summed E-state index contributed by atoms with van der Waals surface area (Å²) >= 11 is 0. The number of hydrogen-bond acceptors (Lipinski definition) is 2. The summed E-state index contributed by atoms with van der Waals surface area (Å²) in [6, 6.07) is 3.53. The molecule has 1 aliphatic rings. The van der Waals surface area contributed by atoms with Crippen molar-refractivity contribution < 1.29 is 31.9 Å². The number of benzene rings is 1. The van der Waals surface area contributed by atoms with Gasteiger partial charge in [0.15, 0.2) is 0 Å². The van der Waals surface area contributed by atoms with Crippen LogP contribution in [0.1, 0.15) is 57.2 Å². The van der Waals surface area contributed by atoms with Crippen molar-refractivity contribution in [3.8, 4) is 11.8 Å². The molecule has 1 heterocycles.